The number of amides is 3. The molecule has 1 aromatic carbocycles. The second-order valence-corrected chi connectivity index (χ2v) is 6.30. The molecule has 7 nitrogen and oxygen atoms in total. The zero-order valence-electron chi connectivity index (χ0n) is 13.6. The first kappa shape index (κ1) is 22.2. The fourth-order valence-electron chi connectivity index (χ4n) is 1.63. The monoisotopic (exact) mass is 374 g/mol. The number of halogens is 1. The number of hydrogen-bond donors (Lipinski definition) is 4. The normalized spacial score (nSPS) is 11.3. The lowest BCUT2D eigenvalue weighted by Gasteiger charge is -2.15. The minimum atomic E-state index is -0.652. The van der Waals surface area contributed by atoms with E-state index >= 15 is 0 Å². The van der Waals surface area contributed by atoms with E-state index < -0.39 is 11.9 Å². The van der Waals surface area contributed by atoms with E-state index in [1.165, 1.54) is 11.8 Å². The average Bonchev–Trinajstić information content (AvgIpc) is 2.50. The lowest BCUT2D eigenvalue weighted by atomic mass is 10.1. The number of hydrogen-bond acceptors (Lipinski definition) is 5. The third-order valence-corrected chi connectivity index (χ3v) is 4.07. The molecule has 0 unspecified atom stereocenters. The van der Waals surface area contributed by atoms with E-state index in [4.69, 9.17) is 11.5 Å². The van der Waals surface area contributed by atoms with Crippen molar-refractivity contribution in [3.05, 3.63) is 24.3 Å². The number of carbonyl (C=O) groups is 3. The minimum Gasteiger partial charge on any atom is -0.369 e. The highest BCUT2D eigenvalue weighted by atomic mass is 35.5. The molecule has 24 heavy (non-hydrogen) atoms. The SMILES string of the molecule is CC(C)[C@H](N)C(=O)NCC(=O)Nc1ccccc1SCC(N)=O.Cl. The van der Waals surface area contributed by atoms with Gasteiger partial charge in [0.05, 0.1) is 24.0 Å². The number of para-hydroxylation sites is 1. The molecule has 0 aliphatic rings. The molecule has 0 saturated carbocycles. The van der Waals surface area contributed by atoms with Crippen LogP contribution in [0, 0.1) is 5.92 Å². The van der Waals surface area contributed by atoms with E-state index in [1.807, 2.05) is 13.8 Å². The van der Waals surface area contributed by atoms with Crippen LogP contribution in [0.15, 0.2) is 29.2 Å². The Bertz CT molecular complexity index is 584. The Balaban J connectivity index is 0.00000529. The van der Waals surface area contributed by atoms with Crippen molar-refractivity contribution in [1.29, 1.82) is 0 Å². The second kappa shape index (κ2) is 10.9. The van der Waals surface area contributed by atoms with Crippen LogP contribution in [-0.2, 0) is 14.4 Å². The van der Waals surface area contributed by atoms with Crippen LogP contribution in [0.5, 0.6) is 0 Å². The van der Waals surface area contributed by atoms with Crippen molar-refractivity contribution < 1.29 is 14.4 Å². The van der Waals surface area contributed by atoms with Gasteiger partial charge in [-0.05, 0) is 18.1 Å². The molecule has 3 amide bonds. The zero-order chi connectivity index (χ0) is 17.4. The van der Waals surface area contributed by atoms with Gasteiger partial charge in [-0.2, -0.15) is 0 Å². The van der Waals surface area contributed by atoms with Crippen molar-refractivity contribution in [3.63, 3.8) is 0 Å². The molecule has 0 bridgehead atoms. The van der Waals surface area contributed by atoms with Gasteiger partial charge in [0.25, 0.3) is 0 Å². The van der Waals surface area contributed by atoms with E-state index in [0.29, 0.717) is 5.69 Å². The molecule has 1 rings (SSSR count). The first-order chi connectivity index (χ1) is 10.8. The lowest BCUT2D eigenvalue weighted by Crippen LogP contribution is -2.46. The molecule has 0 saturated heterocycles. The molecule has 0 fully saturated rings. The maximum absolute atomic E-state index is 11.9. The van der Waals surface area contributed by atoms with Crippen LogP contribution in [0.2, 0.25) is 0 Å². The van der Waals surface area contributed by atoms with Crippen LogP contribution < -0.4 is 22.1 Å². The predicted molar refractivity (Wildman–Crippen MR) is 98.1 cm³/mol. The van der Waals surface area contributed by atoms with E-state index in [-0.39, 0.29) is 42.4 Å². The first-order valence-corrected chi connectivity index (χ1v) is 8.13. The van der Waals surface area contributed by atoms with Crippen LogP contribution in [0.3, 0.4) is 0 Å². The van der Waals surface area contributed by atoms with Crippen molar-refractivity contribution in [1.82, 2.24) is 5.32 Å². The summed E-state index contributed by atoms with van der Waals surface area (Å²) in [7, 11) is 0. The largest absolute Gasteiger partial charge is 0.369 e. The van der Waals surface area contributed by atoms with Crippen LogP contribution in [0.1, 0.15) is 13.8 Å². The topological polar surface area (TPSA) is 127 Å². The molecule has 0 radical (unpaired) electrons. The minimum absolute atomic E-state index is 0. The first-order valence-electron chi connectivity index (χ1n) is 7.14. The number of anilines is 1. The fraction of sp³-hybridized carbons (Fsp3) is 0.400. The molecule has 0 spiro atoms. The number of rotatable bonds is 8. The molecule has 1 atom stereocenters. The Morgan fingerprint density at radius 3 is 2.42 bits per heavy atom. The molecular weight excluding hydrogens is 352 g/mol. The summed E-state index contributed by atoms with van der Waals surface area (Å²) in [6.45, 7) is 3.49. The summed E-state index contributed by atoms with van der Waals surface area (Å²) >= 11 is 1.23. The van der Waals surface area contributed by atoms with Gasteiger partial charge in [0.2, 0.25) is 17.7 Å². The van der Waals surface area contributed by atoms with E-state index in [1.54, 1.807) is 24.3 Å². The lowest BCUT2D eigenvalue weighted by molar-refractivity contribution is -0.125. The van der Waals surface area contributed by atoms with Crippen molar-refractivity contribution >= 4 is 47.6 Å². The molecule has 6 N–H and O–H groups in total. The highest BCUT2D eigenvalue weighted by Gasteiger charge is 2.17. The van der Waals surface area contributed by atoms with Gasteiger partial charge in [0.15, 0.2) is 0 Å². The third kappa shape index (κ3) is 7.67. The van der Waals surface area contributed by atoms with Gasteiger partial charge in [-0.3, -0.25) is 14.4 Å². The van der Waals surface area contributed by atoms with Crippen LogP contribution in [0.4, 0.5) is 5.69 Å². The van der Waals surface area contributed by atoms with E-state index in [2.05, 4.69) is 10.6 Å². The van der Waals surface area contributed by atoms with Crippen molar-refractivity contribution in [2.75, 3.05) is 17.6 Å². The molecule has 9 heteroatoms. The summed E-state index contributed by atoms with van der Waals surface area (Å²) in [6.07, 6.45) is 0. The Morgan fingerprint density at radius 1 is 1.21 bits per heavy atom. The smallest absolute Gasteiger partial charge is 0.243 e. The number of carbonyl (C=O) groups excluding carboxylic acids is 3. The molecule has 0 heterocycles. The van der Waals surface area contributed by atoms with Crippen molar-refractivity contribution in [2.24, 2.45) is 17.4 Å². The molecular formula is C15H23ClN4O3S. The fourth-order valence-corrected chi connectivity index (χ4v) is 2.37. The van der Waals surface area contributed by atoms with Gasteiger partial charge >= 0.3 is 0 Å². The molecule has 0 aliphatic heterocycles. The molecule has 1 aromatic rings. The van der Waals surface area contributed by atoms with Gasteiger partial charge < -0.3 is 22.1 Å². The summed E-state index contributed by atoms with van der Waals surface area (Å²) in [6, 6.07) is 6.39. The van der Waals surface area contributed by atoms with Crippen molar-refractivity contribution in [3.8, 4) is 0 Å². The summed E-state index contributed by atoms with van der Waals surface area (Å²) in [5, 5.41) is 5.19. The highest BCUT2D eigenvalue weighted by Crippen LogP contribution is 2.26. The summed E-state index contributed by atoms with van der Waals surface area (Å²) in [4.78, 5) is 35.2. The zero-order valence-corrected chi connectivity index (χ0v) is 15.2. The van der Waals surface area contributed by atoms with Crippen LogP contribution >= 0.6 is 24.2 Å². The van der Waals surface area contributed by atoms with E-state index in [9.17, 15) is 14.4 Å². The number of benzene rings is 1. The van der Waals surface area contributed by atoms with Crippen LogP contribution in [0.25, 0.3) is 0 Å². The number of nitrogens with one attached hydrogen (secondary N) is 2. The molecule has 0 aliphatic carbocycles. The van der Waals surface area contributed by atoms with Gasteiger partial charge in [-0.15, -0.1) is 24.2 Å². The number of thioether (sulfide) groups is 1. The van der Waals surface area contributed by atoms with Gasteiger partial charge in [0.1, 0.15) is 0 Å². The maximum Gasteiger partial charge on any atom is 0.243 e. The van der Waals surface area contributed by atoms with Gasteiger partial charge in [0, 0.05) is 4.90 Å². The number of nitrogens with two attached hydrogens (primary N) is 2. The molecule has 0 aromatic heterocycles. The highest BCUT2D eigenvalue weighted by molar-refractivity contribution is 8.00. The molecule has 134 valence electrons. The van der Waals surface area contributed by atoms with Crippen LogP contribution in [-0.4, -0.2) is 36.1 Å². The second-order valence-electron chi connectivity index (χ2n) is 5.29. The Hall–Kier alpha value is -1.77. The van der Waals surface area contributed by atoms with Gasteiger partial charge in [-0.25, -0.2) is 0 Å². The Labute approximate surface area is 151 Å². The quantitative estimate of drug-likeness (QED) is 0.498. The standard InChI is InChI=1S/C15H22N4O3S.ClH/c1-9(2)14(17)15(22)18-7-13(21)19-10-5-3-4-6-11(10)23-8-12(16)20;/h3-6,9,14H,7-8,17H2,1-2H3,(H2,16,20)(H,18,22)(H,19,21);1H/t14-;/m0./s1. The van der Waals surface area contributed by atoms with E-state index in [0.717, 1.165) is 4.90 Å². The predicted octanol–water partition coefficient (Wildman–Crippen LogP) is 0.724. The third-order valence-electron chi connectivity index (χ3n) is 2.98. The number of primary amides is 1. The Morgan fingerprint density at radius 2 is 1.83 bits per heavy atom. The van der Waals surface area contributed by atoms with Crippen molar-refractivity contribution in [2.45, 2.75) is 24.8 Å². The van der Waals surface area contributed by atoms with Gasteiger partial charge in [-0.1, -0.05) is 26.0 Å². The summed E-state index contributed by atoms with van der Waals surface area (Å²) in [5.41, 5.74) is 11.4. The summed E-state index contributed by atoms with van der Waals surface area (Å²) in [5.74, 6) is -1.07. The average molecular weight is 375 g/mol. The maximum atomic E-state index is 11.9. The Kier molecular flexibility index (Phi) is 10.1. The summed E-state index contributed by atoms with van der Waals surface area (Å²) < 4.78 is 0.